The Morgan fingerprint density at radius 2 is 2.00 bits per heavy atom. The van der Waals surface area contributed by atoms with Crippen molar-refractivity contribution in [2.45, 2.75) is 26.3 Å². The van der Waals surface area contributed by atoms with Crippen LogP contribution >= 0.6 is 0 Å². The lowest BCUT2D eigenvalue weighted by Gasteiger charge is -2.20. The molecule has 1 amide bonds. The molecule has 1 aliphatic heterocycles. The van der Waals surface area contributed by atoms with Crippen LogP contribution in [-0.2, 0) is 4.74 Å². The molecule has 2 N–H and O–H groups in total. The SMILES string of the molecule is COCCOc1ccc(-n2nc(C)c(C(=O)N3CC(CN)CC3C)n2)cc1. The van der Waals surface area contributed by atoms with Crippen LogP contribution in [0.3, 0.4) is 0 Å². The van der Waals surface area contributed by atoms with Gasteiger partial charge in [-0.25, -0.2) is 0 Å². The number of amides is 1. The number of benzene rings is 1. The standard InChI is InChI=1S/C19H27N5O3/c1-13-10-15(11-20)12-23(13)19(25)18-14(2)21-24(22-18)16-4-6-17(7-5-16)27-9-8-26-3/h4-7,13,15H,8-12,20H2,1-3H3. The lowest BCUT2D eigenvalue weighted by molar-refractivity contribution is 0.0736. The number of nitrogens with zero attached hydrogens (tertiary/aromatic N) is 4. The molecule has 0 radical (unpaired) electrons. The monoisotopic (exact) mass is 373 g/mol. The van der Waals surface area contributed by atoms with Crippen molar-refractivity contribution >= 4 is 5.91 Å². The first kappa shape index (κ1) is 19.3. The molecule has 2 aromatic rings. The van der Waals surface area contributed by atoms with Crippen LogP contribution < -0.4 is 10.5 Å². The van der Waals surface area contributed by atoms with Gasteiger partial charge in [0, 0.05) is 19.7 Å². The maximum absolute atomic E-state index is 12.9. The minimum absolute atomic E-state index is 0.0817. The van der Waals surface area contributed by atoms with Crippen molar-refractivity contribution in [1.29, 1.82) is 0 Å². The summed E-state index contributed by atoms with van der Waals surface area (Å²) in [6, 6.07) is 7.58. The molecule has 0 spiro atoms. The van der Waals surface area contributed by atoms with Crippen molar-refractivity contribution in [3.05, 3.63) is 35.7 Å². The van der Waals surface area contributed by atoms with E-state index in [1.54, 1.807) is 14.0 Å². The summed E-state index contributed by atoms with van der Waals surface area (Å²) in [6.07, 6.45) is 0.931. The number of rotatable bonds is 7. The molecule has 2 heterocycles. The smallest absolute Gasteiger partial charge is 0.276 e. The van der Waals surface area contributed by atoms with Crippen LogP contribution in [0.4, 0.5) is 0 Å². The van der Waals surface area contributed by atoms with E-state index < -0.39 is 0 Å². The minimum Gasteiger partial charge on any atom is -0.491 e. The number of carbonyl (C=O) groups is 1. The van der Waals surface area contributed by atoms with Crippen LogP contribution in [0.15, 0.2) is 24.3 Å². The number of aryl methyl sites for hydroxylation is 1. The zero-order valence-electron chi connectivity index (χ0n) is 16.1. The van der Waals surface area contributed by atoms with Gasteiger partial charge in [-0.2, -0.15) is 9.90 Å². The Labute approximate surface area is 159 Å². The number of carbonyl (C=O) groups excluding carboxylic acids is 1. The second-order valence-electron chi connectivity index (χ2n) is 6.90. The molecule has 146 valence electrons. The summed E-state index contributed by atoms with van der Waals surface area (Å²) in [5.74, 6) is 1.02. The van der Waals surface area contributed by atoms with Gasteiger partial charge in [0.05, 0.1) is 18.0 Å². The molecule has 1 aromatic heterocycles. The fourth-order valence-electron chi connectivity index (χ4n) is 3.34. The van der Waals surface area contributed by atoms with Crippen LogP contribution in [-0.4, -0.2) is 65.3 Å². The molecule has 0 bridgehead atoms. The third-order valence-electron chi connectivity index (χ3n) is 4.86. The molecule has 2 atom stereocenters. The van der Waals surface area contributed by atoms with Crippen LogP contribution in [0.1, 0.15) is 29.5 Å². The third kappa shape index (κ3) is 4.28. The Bertz CT molecular complexity index is 774. The van der Waals surface area contributed by atoms with Gasteiger partial charge < -0.3 is 20.1 Å². The minimum atomic E-state index is -0.0817. The van der Waals surface area contributed by atoms with Crippen molar-refractivity contribution < 1.29 is 14.3 Å². The van der Waals surface area contributed by atoms with E-state index >= 15 is 0 Å². The molecule has 3 rings (SSSR count). The molecule has 1 aromatic carbocycles. The maximum Gasteiger partial charge on any atom is 0.276 e. The van der Waals surface area contributed by atoms with Gasteiger partial charge in [0.25, 0.3) is 5.91 Å². The quantitative estimate of drug-likeness (QED) is 0.738. The average Bonchev–Trinajstić information content (AvgIpc) is 3.24. The van der Waals surface area contributed by atoms with E-state index in [-0.39, 0.29) is 11.9 Å². The van der Waals surface area contributed by atoms with E-state index in [1.807, 2.05) is 29.2 Å². The topological polar surface area (TPSA) is 95.5 Å². The molecule has 1 fully saturated rings. The van der Waals surface area contributed by atoms with Crippen LogP contribution in [0.2, 0.25) is 0 Å². The van der Waals surface area contributed by atoms with Gasteiger partial charge in [-0.15, -0.1) is 5.10 Å². The number of hydrogen-bond acceptors (Lipinski definition) is 6. The number of nitrogens with two attached hydrogens (primary N) is 1. The van der Waals surface area contributed by atoms with Crippen LogP contribution in [0.25, 0.3) is 5.69 Å². The summed E-state index contributed by atoms with van der Waals surface area (Å²) in [4.78, 5) is 16.3. The van der Waals surface area contributed by atoms with Crippen molar-refractivity contribution in [2.75, 3.05) is 33.4 Å². The van der Waals surface area contributed by atoms with Gasteiger partial charge in [-0.05, 0) is 57.0 Å². The fraction of sp³-hybridized carbons (Fsp3) is 0.526. The third-order valence-corrected chi connectivity index (χ3v) is 4.86. The first-order chi connectivity index (χ1) is 13.0. The Kier molecular flexibility index (Phi) is 6.08. The lowest BCUT2D eigenvalue weighted by atomic mass is 10.1. The summed E-state index contributed by atoms with van der Waals surface area (Å²) < 4.78 is 10.5. The highest BCUT2D eigenvalue weighted by Crippen LogP contribution is 2.24. The highest BCUT2D eigenvalue weighted by Gasteiger charge is 2.34. The van der Waals surface area contributed by atoms with E-state index in [0.29, 0.717) is 43.6 Å². The fourth-order valence-corrected chi connectivity index (χ4v) is 3.34. The van der Waals surface area contributed by atoms with Gasteiger partial charge >= 0.3 is 0 Å². The van der Waals surface area contributed by atoms with Gasteiger partial charge in [0.2, 0.25) is 0 Å². The number of hydrogen-bond donors (Lipinski definition) is 1. The number of likely N-dealkylation sites (tertiary alicyclic amines) is 1. The van der Waals surface area contributed by atoms with Crippen molar-refractivity contribution in [3.8, 4) is 11.4 Å². The summed E-state index contributed by atoms with van der Waals surface area (Å²) in [5, 5.41) is 8.85. The predicted molar refractivity (Wildman–Crippen MR) is 101 cm³/mol. The number of aromatic nitrogens is 3. The van der Waals surface area contributed by atoms with E-state index in [2.05, 4.69) is 17.1 Å². The summed E-state index contributed by atoms with van der Waals surface area (Å²) in [5.41, 5.74) is 7.54. The largest absolute Gasteiger partial charge is 0.491 e. The van der Waals surface area contributed by atoms with Gasteiger partial charge in [0.1, 0.15) is 12.4 Å². The van der Waals surface area contributed by atoms with E-state index in [0.717, 1.165) is 17.9 Å². The summed E-state index contributed by atoms with van der Waals surface area (Å²) in [6.45, 7) is 6.16. The van der Waals surface area contributed by atoms with Gasteiger partial charge in [0.15, 0.2) is 5.69 Å². The zero-order chi connectivity index (χ0) is 19.4. The first-order valence-electron chi connectivity index (χ1n) is 9.20. The second kappa shape index (κ2) is 8.49. The second-order valence-corrected chi connectivity index (χ2v) is 6.90. The molecule has 27 heavy (non-hydrogen) atoms. The zero-order valence-corrected chi connectivity index (χ0v) is 16.1. The Morgan fingerprint density at radius 3 is 2.63 bits per heavy atom. The molecule has 8 nitrogen and oxygen atoms in total. The predicted octanol–water partition coefficient (Wildman–Crippen LogP) is 1.41. The van der Waals surface area contributed by atoms with Crippen LogP contribution in [0.5, 0.6) is 5.75 Å². The van der Waals surface area contributed by atoms with Gasteiger partial charge in [-0.1, -0.05) is 0 Å². The van der Waals surface area contributed by atoms with E-state index in [9.17, 15) is 4.79 Å². The number of methoxy groups -OCH3 is 1. The molecule has 2 unspecified atom stereocenters. The van der Waals surface area contributed by atoms with E-state index in [4.69, 9.17) is 15.2 Å². The first-order valence-corrected chi connectivity index (χ1v) is 9.20. The molecular weight excluding hydrogens is 346 g/mol. The number of ether oxygens (including phenoxy) is 2. The Balaban J connectivity index is 1.73. The Morgan fingerprint density at radius 1 is 1.26 bits per heavy atom. The van der Waals surface area contributed by atoms with Gasteiger partial charge in [-0.3, -0.25) is 4.79 Å². The normalized spacial score (nSPS) is 19.5. The van der Waals surface area contributed by atoms with Crippen molar-refractivity contribution in [2.24, 2.45) is 11.7 Å². The van der Waals surface area contributed by atoms with Crippen molar-refractivity contribution in [1.82, 2.24) is 19.9 Å². The molecular formula is C19H27N5O3. The average molecular weight is 373 g/mol. The molecule has 0 aliphatic carbocycles. The molecule has 8 heteroatoms. The van der Waals surface area contributed by atoms with Crippen LogP contribution in [0, 0.1) is 12.8 Å². The molecule has 1 aliphatic rings. The summed E-state index contributed by atoms with van der Waals surface area (Å²) >= 11 is 0. The molecule has 1 saturated heterocycles. The molecule has 0 saturated carbocycles. The van der Waals surface area contributed by atoms with E-state index in [1.165, 1.54) is 4.80 Å². The highest BCUT2D eigenvalue weighted by atomic mass is 16.5. The van der Waals surface area contributed by atoms with Crippen molar-refractivity contribution in [3.63, 3.8) is 0 Å². The summed E-state index contributed by atoms with van der Waals surface area (Å²) in [7, 11) is 1.64. The maximum atomic E-state index is 12.9. The lowest BCUT2D eigenvalue weighted by Crippen LogP contribution is -2.35. The Hall–Kier alpha value is -2.45. The highest BCUT2D eigenvalue weighted by molar-refractivity contribution is 5.93.